The summed E-state index contributed by atoms with van der Waals surface area (Å²) in [5, 5.41) is 10.7. The molecule has 0 bridgehead atoms. The second kappa shape index (κ2) is 5.27. The van der Waals surface area contributed by atoms with Crippen LogP contribution in [0.15, 0.2) is 15.2 Å². The normalized spacial score (nSPS) is 15.3. The van der Waals surface area contributed by atoms with Crippen LogP contribution in [0, 0.1) is 5.92 Å². The van der Waals surface area contributed by atoms with Crippen molar-refractivity contribution in [3.8, 4) is 0 Å². The van der Waals surface area contributed by atoms with Gasteiger partial charge in [-0.25, -0.2) is 4.79 Å². The number of carbonyl (C=O) groups is 2. The first kappa shape index (κ1) is 13.4. The molecule has 18 heavy (non-hydrogen) atoms. The molecule has 0 radical (unpaired) electrons. The highest BCUT2D eigenvalue weighted by atomic mass is 79.9. The Bertz CT molecular complexity index is 471. The number of urea groups is 1. The summed E-state index contributed by atoms with van der Waals surface area (Å²) in [4.78, 5) is 25.8. The summed E-state index contributed by atoms with van der Waals surface area (Å²) in [5.74, 6) is -1.24. The maximum Gasteiger partial charge on any atom is 0.320 e. The van der Waals surface area contributed by atoms with Crippen molar-refractivity contribution in [2.75, 3.05) is 20.1 Å². The van der Waals surface area contributed by atoms with Gasteiger partial charge in [0.15, 0.2) is 0 Å². The summed E-state index contributed by atoms with van der Waals surface area (Å²) in [5.41, 5.74) is 1.07. The van der Waals surface area contributed by atoms with Crippen LogP contribution in [0.3, 0.4) is 0 Å². The van der Waals surface area contributed by atoms with Crippen molar-refractivity contribution in [3.63, 3.8) is 0 Å². The Balaban J connectivity index is 1.85. The van der Waals surface area contributed by atoms with E-state index >= 15 is 0 Å². The molecule has 1 aliphatic heterocycles. The van der Waals surface area contributed by atoms with E-state index < -0.39 is 11.9 Å². The Hall–Kier alpha value is -1.08. The van der Waals surface area contributed by atoms with Gasteiger partial charge in [-0.2, -0.15) is 0 Å². The fourth-order valence-corrected chi connectivity index (χ4v) is 3.00. The van der Waals surface area contributed by atoms with Crippen molar-refractivity contribution < 1.29 is 14.7 Å². The first-order valence-electron chi connectivity index (χ1n) is 5.43. The van der Waals surface area contributed by atoms with Gasteiger partial charge in [-0.1, -0.05) is 0 Å². The smallest absolute Gasteiger partial charge is 0.320 e. The lowest BCUT2D eigenvalue weighted by Crippen LogP contribution is -2.56. The highest BCUT2D eigenvalue weighted by Gasteiger charge is 2.36. The van der Waals surface area contributed by atoms with Crippen LogP contribution in [0.25, 0.3) is 0 Å². The van der Waals surface area contributed by atoms with E-state index in [1.807, 2.05) is 11.4 Å². The maximum absolute atomic E-state index is 12.0. The summed E-state index contributed by atoms with van der Waals surface area (Å²) in [6, 6.07) is 1.86. The fourth-order valence-electron chi connectivity index (χ4n) is 1.80. The number of halogens is 1. The molecule has 1 fully saturated rings. The number of carboxylic acid groups (broad SMARTS) is 1. The molecule has 0 unspecified atom stereocenters. The van der Waals surface area contributed by atoms with Crippen LogP contribution in [0.5, 0.6) is 0 Å². The van der Waals surface area contributed by atoms with E-state index in [9.17, 15) is 9.59 Å². The Morgan fingerprint density at radius 2 is 2.28 bits per heavy atom. The van der Waals surface area contributed by atoms with Gasteiger partial charge >= 0.3 is 12.0 Å². The number of aliphatic carboxylic acids is 1. The summed E-state index contributed by atoms with van der Waals surface area (Å²) in [6.45, 7) is 1.16. The average Bonchev–Trinajstić information content (AvgIpc) is 2.60. The zero-order valence-corrected chi connectivity index (χ0v) is 12.2. The lowest BCUT2D eigenvalue weighted by atomic mass is 10.0. The van der Waals surface area contributed by atoms with Gasteiger partial charge in [0.05, 0.1) is 9.70 Å². The van der Waals surface area contributed by atoms with E-state index in [0.717, 1.165) is 9.35 Å². The van der Waals surface area contributed by atoms with Crippen molar-refractivity contribution in [3.05, 3.63) is 20.8 Å². The second-order valence-corrected chi connectivity index (χ2v) is 6.63. The molecular formula is C11H13BrN2O3S. The Labute approximate surface area is 117 Å². The Morgan fingerprint density at radius 1 is 1.61 bits per heavy atom. The summed E-state index contributed by atoms with van der Waals surface area (Å²) in [6.07, 6.45) is 0. The summed E-state index contributed by atoms with van der Waals surface area (Å²) >= 11 is 4.95. The van der Waals surface area contributed by atoms with Crippen LogP contribution < -0.4 is 0 Å². The molecule has 7 heteroatoms. The zero-order chi connectivity index (χ0) is 13.3. The molecule has 0 atom stereocenters. The lowest BCUT2D eigenvalue weighted by Gasteiger charge is -2.38. The molecule has 1 aromatic rings. The molecule has 1 aliphatic rings. The molecule has 0 saturated carbocycles. The fraction of sp³-hybridized carbons (Fsp3) is 0.455. The van der Waals surface area contributed by atoms with Crippen molar-refractivity contribution in [2.24, 2.45) is 5.92 Å². The van der Waals surface area contributed by atoms with Gasteiger partial charge in [-0.05, 0) is 32.9 Å². The molecule has 0 aliphatic carbocycles. The van der Waals surface area contributed by atoms with Crippen LogP contribution in [-0.2, 0) is 11.3 Å². The third-order valence-electron chi connectivity index (χ3n) is 2.87. The molecule has 1 N–H and O–H groups in total. The zero-order valence-electron chi connectivity index (χ0n) is 9.80. The predicted molar refractivity (Wildman–Crippen MR) is 71.6 cm³/mol. The number of nitrogens with zero attached hydrogens (tertiary/aromatic N) is 2. The minimum absolute atomic E-state index is 0.116. The Morgan fingerprint density at radius 3 is 2.78 bits per heavy atom. The van der Waals surface area contributed by atoms with Crippen molar-refractivity contribution in [2.45, 2.75) is 6.54 Å². The highest BCUT2D eigenvalue weighted by molar-refractivity contribution is 9.11. The minimum Gasteiger partial charge on any atom is -0.481 e. The molecular weight excluding hydrogens is 320 g/mol. The van der Waals surface area contributed by atoms with Gasteiger partial charge in [-0.3, -0.25) is 4.79 Å². The minimum atomic E-state index is -0.830. The molecule has 1 aromatic heterocycles. The van der Waals surface area contributed by atoms with Crippen molar-refractivity contribution >= 4 is 39.3 Å². The first-order valence-corrected chi connectivity index (χ1v) is 7.10. The van der Waals surface area contributed by atoms with Crippen LogP contribution in [0.4, 0.5) is 4.79 Å². The first-order chi connectivity index (χ1) is 8.47. The summed E-state index contributed by atoms with van der Waals surface area (Å²) < 4.78 is 1.04. The van der Waals surface area contributed by atoms with E-state index in [-0.39, 0.29) is 6.03 Å². The van der Waals surface area contributed by atoms with Gasteiger partial charge in [0.1, 0.15) is 0 Å². The number of hydrogen-bond acceptors (Lipinski definition) is 3. The van der Waals surface area contributed by atoms with Gasteiger partial charge in [0.25, 0.3) is 0 Å². The van der Waals surface area contributed by atoms with Gasteiger partial charge < -0.3 is 14.9 Å². The van der Waals surface area contributed by atoms with Gasteiger partial charge in [0.2, 0.25) is 0 Å². The lowest BCUT2D eigenvalue weighted by molar-refractivity contribution is -0.146. The molecule has 2 heterocycles. The molecule has 5 nitrogen and oxygen atoms in total. The third kappa shape index (κ3) is 2.84. The van der Waals surface area contributed by atoms with Crippen LogP contribution in [0.1, 0.15) is 5.56 Å². The van der Waals surface area contributed by atoms with E-state index in [1.165, 1.54) is 0 Å². The third-order valence-corrected chi connectivity index (χ3v) is 4.42. The number of likely N-dealkylation sites (tertiary alicyclic amines) is 1. The number of thiophene rings is 1. The van der Waals surface area contributed by atoms with Gasteiger partial charge in [-0.15, -0.1) is 11.3 Å². The van der Waals surface area contributed by atoms with E-state index in [0.29, 0.717) is 19.6 Å². The average molecular weight is 333 g/mol. The topological polar surface area (TPSA) is 60.9 Å². The Kier molecular flexibility index (Phi) is 3.91. The number of amides is 2. The predicted octanol–water partition coefficient (Wildman–Crippen LogP) is 2.08. The standard InChI is InChI=1S/C11H13BrN2O3S/c1-13(3-7-2-9(12)18-6-7)11(17)14-4-8(5-14)10(15)16/h2,6,8H,3-5H2,1H3,(H,15,16). The van der Waals surface area contributed by atoms with Crippen molar-refractivity contribution in [1.82, 2.24) is 9.80 Å². The quantitative estimate of drug-likeness (QED) is 0.921. The molecule has 2 rings (SSSR count). The SMILES string of the molecule is CN(Cc1csc(Br)c1)C(=O)N1CC(C(=O)O)C1. The number of carbonyl (C=O) groups excluding carboxylic acids is 1. The molecule has 98 valence electrons. The summed E-state index contributed by atoms with van der Waals surface area (Å²) in [7, 11) is 1.72. The molecule has 0 aromatic carbocycles. The van der Waals surface area contributed by atoms with E-state index in [4.69, 9.17) is 5.11 Å². The number of carboxylic acids is 1. The number of hydrogen-bond donors (Lipinski definition) is 1. The molecule has 1 saturated heterocycles. The highest BCUT2D eigenvalue weighted by Crippen LogP contribution is 2.23. The van der Waals surface area contributed by atoms with E-state index in [1.54, 1.807) is 28.2 Å². The monoisotopic (exact) mass is 332 g/mol. The molecule has 0 spiro atoms. The van der Waals surface area contributed by atoms with E-state index in [2.05, 4.69) is 15.9 Å². The van der Waals surface area contributed by atoms with Crippen LogP contribution in [-0.4, -0.2) is 47.0 Å². The molecule has 2 amide bonds. The largest absolute Gasteiger partial charge is 0.481 e. The number of rotatable bonds is 3. The van der Waals surface area contributed by atoms with Crippen LogP contribution >= 0.6 is 27.3 Å². The van der Waals surface area contributed by atoms with Gasteiger partial charge in [0, 0.05) is 26.7 Å². The maximum atomic E-state index is 12.0. The van der Waals surface area contributed by atoms with Crippen molar-refractivity contribution in [1.29, 1.82) is 0 Å². The van der Waals surface area contributed by atoms with Crippen LogP contribution in [0.2, 0.25) is 0 Å². The second-order valence-electron chi connectivity index (χ2n) is 4.34.